The van der Waals surface area contributed by atoms with E-state index in [0.717, 1.165) is 5.56 Å². The van der Waals surface area contributed by atoms with Crippen LogP contribution in [-0.4, -0.2) is 50.7 Å². The lowest BCUT2D eigenvalue weighted by atomic mass is 10.1. The van der Waals surface area contributed by atoms with Crippen LogP contribution in [0.1, 0.15) is 18.4 Å². The highest BCUT2D eigenvalue weighted by Crippen LogP contribution is 2.02. The average Bonchev–Trinajstić information content (AvgIpc) is 2.67. The number of methoxy groups -OCH3 is 2. The second-order valence-electron chi connectivity index (χ2n) is 5.17. The fraction of sp³-hybridized carbons (Fsp3) is 0.412. The topological polar surface area (TPSA) is 120 Å². The normalized spacial score (nSPS) is 11.0. The molecule has 0 saturated carbocycles. The monoisotopic (exact) mass is 366 g/mol. The van der Waals surface area contributed by atoms with Crippen LogP contribution < -0.4 is 10.6 Å². The predicted octanol–water partition coefficient (Wildman–Crippen LogP) is 0.524. The number of rotatable bonds is 9. The number of alkyl carbamates (subject to hydrolysis) is 1. The van der Waals surface area contributed by atoms with E-state index < -0.39 is 30.0 Å². The van der Waals surface area contributed by atoms with Crippen LogP contribution in [0, 0.1) is 0 Å². The molecule has 1 aromatic carbocycles. The Morgan fingerprint density at radius 3 is 2.35 bits per heavy atom. The predicted molar refractivity (Wildman–Crippen MR) is 89.8 cm³/mol. The molecular weight excluding hydrogens is 344 g/mol. The van der Waals surface area contributed by atoms with E-state index in [-0.39, 0.29) is 26.0 Å². The molecule has 142 valence electrons. The Morgan fingerprint density at radius 1 is 1.04 bits per heavy atom. The van der Waals surface area contributed by atoms with E-state index in [1.54, 1.807) is 12.1 Å². The largest absolute Gasteiger partial charge is 0.469 e. The third-order valence-corrected chi connectivity index (χ3v) is 3.29. The van der Waals surface area contributed by atoms with Gasteiger partial charge < -0.3 is 24.8 Å². The van der Waals surface area contributed by atoms with Crippen molar-refractivity contribution in [3.8, 4) is 0 Å². The Kier molecular flexibility index (Phi) is 9.23. The third-order valence-electron chi connectivity index (χ3n) is 3.29. The fourth-order valence-corrected chi connectivity index (χ4v) is 1.93. The van der Waals surface area contributed by atoms with Gasteiger partial charge in [-0.3, -0.25) is 9.59 Å². The number of carbonyl (C=O) groups is 4. The van der Waals surface area contributed by atoms with Crippen molar-refractivity contribution in [3.63, 3.8) is 0 Å². The molecule has 2 N–H and O–H groups in total. The minimum Gasteiger partial charge on any atom is -0.469 e. The van der Waals surface area contributed by atoms with Gasteiger partial charge in [-0.2, -0.15) is 0 Å². The minimum atomic E-state index is -1.02. The Hall–Kier alpha value is -3.10. The van der Waals surface area contributed by atoms with Gasteiger partial charge in [-0.1, -0.05) is 30.3 Å². The highest BCUT2D eigenvalue weighted by molar-refractivity contribution is 5.87. The highest BCUT2D eigenvalue weighted by atomic mass is 16.5. The maximum atomic E-state index is 11.9. The summed E-state index contributed by atoms with van der Waals surface area (Å²) in [4.78, 5) is 46.2. The van der Waals surface area contributed by atoms with Crippen LogP contribution >= 0.6 is 0 Å². The van der Waals surface area contributed by atoms with Crippen molar-refractivity contribution < 1.29 is 33.4 Å². The fourth-order valence-electron chi connectivity index (χ4n) is 1.93. The number of hydrogen-bond acceptors (Lipinski definition) is 7. The molecule has 0 aliphatic carbocycles. The molecule has 9 heteroatoms. The van der Waals surface area contributed by atoms with E-state index in [4.69, 9.17) is 4.74 Å². The second-order valence-corrected chi connectivity index (χ2v) is 5.17. The molecule has 1 atom stereocenters. The molecule has 0 spiro atoms. The molecule has 0 aliphatic rings. The Morgan fingerprint density at radius 2 is 1.73 bits per heavy atom. The van der Waals surface area contributed by atoms with Crippen molar-refractivity contribution in [1.82, 2.24) is 10.6 Å². The molecular formula is C17H22N2O7. The molecule has 0 unspecified atom stereocenters. The van der Waals surface area contributed by atoms with Crippen molar-refractivity contribution in [1.29, 1.82) is 0 Å². The first-order valence-electron chi connectivity index (χ1n) is 7.84. The summed E-state index contributed by atoms with van der Waals surface area (Å²) in [7, 11) is 2.39. The maximum absolute atomic E-state index is 11.9. The Bertz CT molecular complexity index is 619. The van der Waals surface area contributed by atoms with Gasteiger partial charge in [0.2, 0.25) is 5.91 Å². The smallest absolute Gasteiger partial charge is 0.407 e. The van der Waals surface area contributed by atoms with E-state index in [1.807, 2.05) is 18.2 Å². The van der Waals surface area contributed by atoms with Crippen LogP contribution in [0.15, 0.2) is 30.3 Å². The van der Waals surface area contributed by atoms with Crippen LogP contribution in [0.3, 0.4) is 0 Å². The molecule has 0 fully saturated rings. The first kappa shape index (κ1) is 20.9. The molecule has 2 amide bonds. The molecule has 0 heterocycles. The number of hydrogen-bond donors (Lipinski definition) is 2. The van der Waals surface area contributed by atoms with Gasteiger partial charge in [-0.15, -0.1) is 0 Å². The van der Waals surface area contributed by atoms with Crippen LogP contribution in [-0.2, 0) is 35.2 Å². The lowest BCUT2D eigenvalue weighted by Crippen LogP contribution is -2.46. The number of esters is 2. The lowest BCUT2D eigenvalue weighted by molar-refractivity contribution is -0.146. The summed E-state index contributed by atoms with van der Waals surface area (Å²) in [5.41, 5.74) is 0.806. The van der Waals surface area contributed by atoms with Gasteiger partial charge in [0.1, 0.15) is 19.2 Å². The van der Waals surface area contributed by atoms with Gasteiger partial charge in [0.05, 0.1) is 14.2 Å². The van der Waals surface area contributed by atoms with E-state index in [0.29, 0.717) is 0 Å². The lowest BCUT2D eigenvalue weighted by Gasteiger charge is -2.16. The standard InChI is InChI=1S/C17H22N2O7/c1-24-15(21)9-8-13(16(22)25-2)19-14(20)10-18-17(23)26-11-12-6-4-3-5-7-12/h3-7,13H,8-11H2,1-2H3,(H,18,23)(H,19,20)/t13-/m0/s1. The average molecular weight is 366 g/mol. The van der Waals surface area contributed by atoms with Gasteiger partial charge in [-0.25, -0.2) is 9.59 Å². The Labute approximate surface area is 151 Å². The van der Waals surface area contributed by atoms with Crippen LogP contribution in [0.2, 0.25) is 0 Å². The first-order chi connectivity index (χ1) is 12.5. The number of carbonyl (C=O) groups excluding carboxylic acids is 4. The Balaban J connectivity index is 2.37. The number of amides is 2. The first-order valence-corrected chi connectivity index (χ1v) is 7.84. The van der Waals surface area contributed by atoms with Crippen molar-refractivity contribution in [2.45, 2.75) is 25.5 Å². The zero-order valence-corrected chi connectivity index (χ0v) is 14.7. The summed E-state index contributed by atoms with van der Waals surface area (Å²) in [6.07, 6.45) is -0.819. The molecule has 1 aromatic rings. The summed E-state index contributed by atoms with van der Waals surface area (Å²) in [6.45, 7) is -0.322. The summed E-state index contributed by atoms with van der Waals surface area (Å²) in [6, 6.07) is 8.03. The van der Waals surface area contributed by atoms with Gasteiger partial charge in [0, 0.05) is 6.42 Å². The molecule has 0 aromatic heterocycles. The third kappa shape index (κ3) is 8.13. The number of nitrogens with one attached hydrogen (secondary N) is 2. The molecule has 9 nitrogen and oxygen atoms in total. The molecule has 26 heavy (non-hydrogen) atoms. The van der Waals surface area contributed by atoms with Crippen LogP contribution in [0.25, 0.3) is 0 Å². The van der Waals surface area contributed by atoms with Crippen molar-refractivity contribution in [2.75, 3.05) is 20.8 Å². The van der Waals surface area contributed by atoms with Crippen molar-refractivity contribution in [3.05, 3.63) is 35.9 Å². The summed E-state index contributed by atoms with van der Waals surface area (Å²) < 4.78 is 14.0. The van der Waals surface area contributed by atoms with Gasteiger partial charge in [-0.05, 0) is 12.0 Å². The molecule has 0 saturated heterocycles. The van der Waals surface area contributed by atoms with Gasteiger partial charge in [0.25, 0.3) is 0 Å². The number of benzene rings is 1. The van der Waals surface area contributed by atoms with Crippen LogP contribution in [0.5, 0.6) is 0 Å². The van der Waals surface area contributed by atoms with E-state index in [2.05, 4.69) is 20.1 Å². The van der Waals surface area contributed by atoms with E-state index in [9.17, 15) is 19.2 Å². The van der Waals surface area contributed by atoms with Gasteiger partial charge in [0.15, 0.2) is 0 Å². The molecule has 0 bridgehead atoms. The minimum absolute atomic E-state index is 0.0174. The second kappa shape index (κ2) is 11.5. The quantitative estimate of drug-likeness (QED) is 0.483. The molecule has 0 aliphatic heterocycles. The van der Waals surface area contributed by atoms with E-state index >= 15 is 0 Å². The van der Waals surface area contributed by atoms with Crippen molar-refractivity contribution in [2.24, 2.45) is 0 Å². The summed E-state index contributed by atoms with van der Waals surface area (Å²) in [5.74, 6) is -1.84. The highest BCUT2D eigenvalue weighted by Gasteiger charge is 2.22. The molecule has 1 rings (SSSR count). The number of ether oxygens (including phenoxy) is 3. The van der Waals surface area contributed by atoms with Gasteiger partial charge >= 0.3 is 18.0 Å². The maximum Gasteiger partial charge on any atom is 0.407 e. The summed E-state index contributed by atoms with van der Waals surface area (Å²) in [5, 5.41) is 4.66. The summed E-state index contributed by atoms with van der Waals surface area (Å²) >= 11 is 0. The molecule has 0 radical (unpaired) electrons. The zero-order chi connectivity index (χ0) is 19.4. The van der Waals surface area contributed by atoms with Crippen LogP contribution in [0.4, 0.5) is 4.79 Å². The zero-order valence-electron chi connectivity index (χ0n) is 14.7. The van der Waals surface area contributed by atoms with E-state index in [1.165, 1.54) is 14.2 Å². The van der Waals surface area contributed by atoms with Crippen molar-refractivity contribution >= 4 is 23.9 Å². The SMILES string of the molecule is COC(=O)CC[C@H](NC(=O)CNC(=O)OCc1ccccc1)C(=O)OC.